The second-order valence-electron chi connectivity index (χ2n) is 7.20. The third kappa shape index (κ3) is 5.31. The fourth-order valence-corrected chi connectivity index (χ4v) is 6.07. The molecule has 1 unspecified atom stereocenters. The number of amides is 1. The van der Waals surface area contributed by atoms with Crippen molar-refractivity contribution in [3.63, 3.8) is 0 Å². The van der Waals surface area contributed by atoms with Gasteiger partial charge in [0.2, 0.25) is 0 Å². The second kappa shape index (κ2) is 10.7. The molecule has 1 aromatic rings. The van der Waals surface area contributed by atoms with Crippen molar-refractivity contribution in [2.75, 3.05) is 11.5 Å². The number of nitrogens with zero attached hydrogens (tertiary/aromatic N) is 1. The zero-order chi connectivity index (χ0) is 19.9. The SMILES string of the molecule is CCB(CC)OC(CC=C1SCCCS1)N1C(=O)O[C@@H](c2ccccc2)[C@H]1C. The first-order valence-corrected chi connectivity index (χ1v) is 12.3. The number of ether oxygens (including phenoxy) is 1. The third-order valence-corrected chi connectivity index (χ3v) is 7.87. The van der Waals surface area contributed by atoms with Crippen LogP contribution in [0.5, 0.6) is 0 Å². The van der Waals surface area contributed by atoms with E-state index in [1.54, 1.807) is 0 Å². The summed E-state index contributed by atoms with van der Waals surface area (Å²) in [5, 5.41) is 0. The molecule has 0 radical (unpaired) electrons. The van der Waals surface area contributed by atoms with Crippen LogP contribution in [0.3, 0.4) is 0 Å². The minimum Gasteiger partial charge on any atom is -0.439 e. The van der Waals surface area contributed by atoms with Crippen LogP contribution in [0.15, 0.2) is 40.6 Å². The highest BCUT2D eigenvalue weighted by molar-refractivity contribution is 8.22. The van der Waals surface area contributed by atoms with E-state index < -0.39 is 0 Å². The lowest BCUT2D eigenvalue weighted by atomic mass is 9.62. The molecule has 0 spiro atoms. The Bertz CT molecular complexity index is 661. The summed E-state index contributed by atoms with van der Waals surface area (Å²) in [4.78, 5) is 14.6. The van der Waals surface area contributed by atoms with Crippen molar-refractivity contribution in [2.24, 2.45) is 0 Å². The molecule has 0 aromatic heterocycles. The largest absolute Gasteiger partial charge is 0.439 e. The molecule has 0 bridgehead atoms. The van der Waals surface area contributed by atoms with E-state index >= 15 is 0 Å². The Balaban J connectivity index is 1.78. The van der Waals surface area contributed by atoms with Gasteiger partial charge in [-0.15, -0.1) is 23.5 Å². The molecule has 28 heavy (non-hydrogen) atoms. The van der Waals surface area contributed by atoms with Crippen molar-refractivity contribution < 1.29 is 14.2 Å². The van der Waals surface area contributed by atoms with Gasteiger partial charge < -0.3 is 9.39 Å². The molecule has 3 rings (SSSR count). The number of thioether (sulfide) groups is 2. The van der Waals surface area contributed by atoms with Crippen LogP contribution >= 0.6 is 23.5 Å². The van der Waals surface area contributed by atoms with Gasteiger partial charge in [0.05, 0.1) is 6.04 Å². The smallest absolute Gasteiger partial charge is 0.412 e. The molecule has 3 atom stereocenters. The molecular formula is C21H30BNO3S2. The zero-order valence-electron chi connectivity index (χ0n) is 17.0. The van der Waals surface area contributed by atoms with E-state index in [9.17, 15) is 4.79 Å². The lowest BCUT2D eigenvalue weighted by Gasteiger charge is -2.32. The Morgan fingerprint density at radius 1 is 1.25 bits per heavy atom. The molecule has 7 heteroatoms. The summed E-state index contributed by atoms with van der Waals surface area (Å²) in [7, 11) is 0. The van der Waals surface area contributed by atoms with Crippen LogP contribution in [-0.4, -0.2) is 41.7 Å². The fourth-order valence-electron chi connectivity index (χ4n) is 3.65. The van der Waals surface area contributed by atoms with Crippen molar-refractivity contribution in [2.45, 2.75) is 64.6 Å². The van der Waals surface area contributed by atoms with E-state index in [0.717, 1.165) is 18.2 Å². The molecule has 1 aromatic carbocycles. The van der Waals surface area contributed by atoms with Crippen LogP contribution in [0.4, 0.5) is 4.79 Å². The predicted octanol–water partition coefficient (Wildman–Crippen LogP) is 6.04. The molecule has 152 valence electrons. The van der Waals surface area contributed by atoms with E-state index in [1.165, 1.54) is 22.2 Å². The predicted molar refractivity (Wildman–Crippen MR) is 121 cm³/mol. The highest BCUT2D eigenvalue weighted by Gasteiger charge is 2.44. The molecule has 0 aliphatic carbocycles. The monoisotopic (exact) mass is 419 g/mol. The number of rotatable bonds is 8. The van der Waals surface area contributed by atoms with Crippen LogP contribution in [0.1, 0.15) is 45.3 Å². The van der Waals surface area contributed by atoms with Gasteiger partial charge in [0.25, 0.3) is 6.92 Å². The summed E-state index contributed by atoms with van der Waals surface area (Å²) in [5.41, 5.74) is 1.03. The van der Waals surface area contributed by atoms with Gasteiger partial charge in [-0.05, 0) is 30.4 Å². The summed E-state index contributed by atoms with van der Waals surface area (Å²) < 4.78 is 13.5. The summed E-state index contributed by atoms with van der Waals surface area (Å²) in [5.74, 6) is 2.35. The summed E-state index contributed by atoms with van der Waals surface area (Å²) in [6.45, 7) is 6.47. The number of benzene rings is 1. The van der Waals surface area contributed by atoms with E-state index in [1.807, 2.05) is 58.8 Å². The Labute approximate surface area is 177 Å². The van der Waals surface area contributed by atoms with Gasteiger partial charge in [-0.2, -0.15) is 0 Å². The van der Waals surface area contributed by atoms with Crippen molar-refractivity contribution in [1.82, 2.24) is 4.90 Å². The summed E-state index contributed by atoms with van der Waals surface area (Å²) >= 11 is 3.82. The van der Waals surface area contributed by atoms with Crippen LogP contribution in [0.2, 0.25) is 12.6 Å². The van der Waals surface area contributed by atoms with Crippen molar-refractivity contribution in [1.29, 1.82) is 0 Å². The minimum atomic E-state index is -0.295. The maximum Gasteiger partial charge on any atom is 0.412 e. The molecule has 0 saturated carbocycles. The van der Waals surface area contributed by atoms with Gasteiger partial charge in [0.15, 0.2) is 0 Å². The van der Waals surface area contributed by atoms with E-state index in [2.05, 4.69) is 26.8 Å². The standard InChI is InChI=1S/C21H30BNO3S2/c1-4-22(5-2)26-18(12-13-19-27-14-9-15-28-19)23-16(3)20(25-21(23)24)17-10-7-6-8-11-17/h6-8,10-11,13,16,18,20H,4-5,9,12,14-15H2,1-3H3/t16-,18?,20-/m1/s1. The van der Waals surface area contributed by atoms with Gasteiger partial charge in [0, 0.05) is 10.7 Å². The lowest BCUT2D eigenvalue weighted by molar-refractivity contribution is 0.0409. The normalized spacial score (nSPS) is 23.5. The van der Waals surface area contributed by atoms with Crippen molar-refractivity contribution in [3.8, 4) is 0 Å². The molecule has 2 aliphatic heterocycles. The van der Waals surface area contributed by atoms with E-state index in [-0.39, 0.29) is 31.4 Å². The topological polar surface area (TPSA) is 38.8 Å². The first-order valence-electron chi connectivity index (χ1n) is 10.3. The molecular weight excluding hydrogens is 389 g/mol. The molecule has 1 amide bonds. The minimum absolute atomic E-state index is 0.0701. The molecule has 0 N–H and O–H groups in total. The van der Waals surface area contributed by atoms with E-state index in [0.29, 0.717) is 6.42 Å². The highest BCUT2D eigenvalue weighted by atomic mass is 32.2. The third-order valence-electron chi connectivity index (χ3n) is 5.28. The van der Waals surface area contributed by atoms with Gasteiger partial charge in [-0.3, -0.25) is 4.90 Å². The Morgan fingerprint density at radius 2 is 1.93 bits per heavy atom. The van der Waals surface area contributed by atoms with Crippen LogP contribution in [0, 0.1) is 0 Å². The highest BCUT2D eigenvalue weighted by Crippen LogP contribution is 2.37. The van der Waals surface area contributed by atoms with Crippen LogP contribution < -0.4 is 0 Å². The summed E-state index contributed by atoms with van der Waals surface area (Å²) in [6, 6.07) is 9.92. The van der Waals surface area contributed by atoms with Crippen LogP contribution in [-0.2, 0) is 9.39 Å². The maximum absolute atomic E-state index is 12.8. The van der Waals surface area contributed by atoms with Gasteiger partial charge in [-0.25, -0.2) is 4.79 Å². The zero-order valence-corrected chi connectivity index (χ0v) is 18.6. The number of cyclic esters (lactones) is 1. The van der Waals surface area contributed by atoms with Gasteiger partial charge in [0.1, 0.15) is 12.3 Å². The van der Waals surface area contributed by atoms with Gasteiger partial charge in [-0.1, -0.05) is 62.9 Å². The molecule has 2 heterocycles. The first-order chi connectivity index (χ1) is 13.6. The number of carbonyl (C=O) groups excluding carboxylic acids is 1. The average Bonchev–Trinajstić information content (AvgIpc) is 3.04. The number of hydrogen-bond acceptors (Lipinski definition) is 5. The lowest BCUT2D eigenvalue weighted by Crippen LogP contribution is -2.45. The Kier molecular flexibility index (Phi) is 8.24. The number of carbonyl (C=O) groups is 1. The molecule has 2 saturated heterocycles. The average molecular weight is 419 g/mol. The molecule has 4 nitrogen and oxygen atoms in total. The van der Waals surface area contributed by atoms with Crippen molar-refractivity contribution >= 4 is 36.5 Å². The molecule has 2 fully saturated rings. The number of hydrogen-bond donors (Lipinski definition) is 0. The van der Waals surface area contributed by atoms with Crippen molar-refractivity contribution in [3.05, 3.63) is 46.2 Å². The molecule has 2 aliphatic rings. The van der Waals surface area contributed by atoms with Gasteiger partial charge >= 0.3 is 6.09 Å². The van der Waals surface area contributed by atoms with Crippen LogP contribution in [0.25, 0.3) is 0 Å². The first kappa shape index (κ1) is 21.7. The quantitative estimate of drug-likeness (QED) is 0.480. The Hall–Kier alpha value is -1.05. The fraction of sp³-hybridized carbons (Fsp3) is 0.571. The summed E-state index contributed by atoms with van der Waals surface area (Å²) in [6.07, 6.45) is 5.25. The second-order valence-corrected chi connectivity index (χ2v) is 9.73. The van der Waals surface area contributed by atoms with E-state index in [4.69, 9.17) is 9.39 Å². The Morgan fingerprint density at radius 3 is 2.57 bits per heavy atom. The maximum atomic E-state index is 12.8.